The van der Waals surface area contributed by atoms with E-state index in [1.165, 1.54) is 25.3 Å². The Kier molecular flexibility index (Phi) is 36.4. The number of rotatable bonds is 23. The number of anilines is 2. The van der Waals surface area contributed by atoms with Crippen LogP contribution in [-0.2, 0) is 78.7 Å². The van der Waals surface area contributed by atoms with Crippen molar-refractivity contribution in [2.24, 2.45) is 41.6 Å². The van der Waals surface area contributed by atoms with E-state index in [-0.39, 0.29) is 35.3 Å². The Bertz CT molecular complexity index is 5900. The number of fused-ring (bicyclic) bond motifs is 7. The summed E-state index contributed by atoms with van der Waals surface area (Å²) in [5.74, 6) is 7.41. The summed E-state index contributed by atoms with van der Waals surface area (Å²) >= 11 is 0. The number of hydrogen-bond acceptors (Lipinski definition) is 19. The van der Waals surface area contributed by atoms with Crippen LogP contribution in [0.4, 0.5) is 11.5 Å². The summed E-state index contributed by atoms with van der Waals surface area (Å²) in [4.78, 5) is 102. The first-order valence-electron chi connectivity index (χ1n) is 43.3. The monoisotopic (exact) mass is 1720 g/mol. The number of amidine groups is 6. The quantitative estimate of drug-likeness (QED) is 0.0212. The Morgan fingerprint density at radius 2 is 0.938 bits per heavy atom. The van der Waals surface area contributed by atoms with Gasteiger partial charge in [-0.2, -0.15) is 4.98 Å². The van der Waals surface area contributed by atoms with E-state index in [4.69, 9.17) is 19.9 Å². The van der Waals surface area contributed by atoms with Crippen LogP contribution < -0.4 is 53.4 Å². The van der Waals surface area contributed by atoms with E-state index < -0.39 is 0 Å². The van der Waals surface area contributed by atoms with E-state index in [0.717, 1.165) is 169 Å². The Labute approximate surface area is 748 Å². The average Bonchev–Trinajstić information content (AvgIpc) is 0.788. The summed E-state index contributed by atoms with van der Waals surface area (Å²) in [7, 11) is 0. The lowest BCUT2D eigenvalue weighted by atomic mass is 9.99. The van der Waals surface area contributed by atoms with Crippen molar-refractivity contribution in [3.05, 3.63) is 362 Å². The molecule has 0 aliphatic carbocycles. The number of nitrogens with zero attached hydrogens (tertiary/aromatic N) is 7. The van der Waals surface area contributed by atoms with Gasteiger partial charge in [-0.25, -0.2) is 9.79 Å². The van der Waals surface area contributed by atoms with Crippen LogP contribution in [0.1, 0.15) is 145 Å². The average molecular weight is 1720 g/mol. The number of hydrogen-bond donors (Lipinski definition) is 9. The standard InChI is InChI=1S/C17H17N3O2.C16H15N3.C16H14N2O.C14H16N2O3.2C14H18N2O.C12H14N2O/c21-17-19-15-9-5-4-8-14(15)16(20-17)18-10-11-22-12-13-6-2-1-3-7-13;1-12-18-15-10-6-5-9-14(15)16(19-12)17-11-13-7-3-2-4-8-13;1-11-10-12-6-5-9-14(15(12)16(17)18-11)19-13-7-3-2-4-8-13;1-10(17)19-8-4-7-15-14-12-6-3-2-5-11(12)9-13(18)16-14;1-10(2)7-8-15-14-12-6-4-3-5-11(12)9-13(17)16-14;1-2-3-6-9-15-14-12-8-5-4-7-11(12)10-13(17)16-14;1-2-7-13-12-10-6-4-3-5-9(10)8-11(15)14-12/h1-9H,10-12H2,(H2,18,19,20,21);2-10,18H,1,11H2,(H,17,19);2-9H,1,10H2,(H2,17,18);2-3,5-6H,4,7-9H2,1H3,(H,15,16,18);3-6,10H,7-9H2,1-2H3,(H,15,16,17);4-5,7-8H,2-3,6,9-10H2,1H3,(H,15,16,17);3-6H,2,7-8H2,1H3,(H,13,14,15). The molecule has 0 radical (unpaired) electrons. The molecule has 6 aliphatic rings. The van der Waals surface area contributed by atoms with Crippen LogP contribution in [-0.4, -0.2) is 121 Å². The van der Waals surface area contributed by atoms with E-state index in [1.54, 1.807) is 0 Å². The molecule has 658 valence electrons. The lowest BCUT2D eigenvalue weighted by molar-refractivity contribution is -0.141. The van der Waals surface area contributed by atoms with Crippen molar-refractivity contribution in [3.63, 3.8) is 0 Å². The van der Waals surface area contributed by atoms with E-state index >= 15 is 0 Å². The summed E-state index contributed by atoms with van der Waals surface area (Å²) in [5, 5.41) is 21.8. The van der Waals surface area contributed by atoms with Gasteiger partial charge in [-0.05, 0) is 107 Å². The smallest absolute Gasteiger partial charge is 0.347 e. The van der Waals surface area contributed by atoms with Gasteiger partial charge in [-0.1, -0.05) is 266 Å². The molecule has 11 aromatic rings. The minimum absolute atomic E-state index is 0.0311. The van der Waals surface area contributed by atoms with Crippen molar-refractivity contribution < 1.29 is 38.2 Å². The van der Waals surface area contributed by atoms with Gasteiger partial charge in [-0.3, -0.25) is 48.9 Å². The molecule has 6 aliphatic heterocycles. The third-order valence-corrected chi connectivity index (χ3v) is 20.2. The molecule has 0 unspecified atom stereocenters. The first-order valence-corrected chi connectivity index (χ1v) is 43.3. The van der Waals surface area contributed by atoms with Gasteiger partial charge in [0.1, 0.15) is 58.2 Å². The number of aromatic amines is 1. The van der Waals surface area contributed by atoms with Gasteiger partial charge in [0.2, 0.25) is 23.6 Å². The van der Waals surface area contributed by atoms with Gasteiger partial charge in [0.25, 0.3) is 0 Å². The molecule has 10 N–H and O–H groups in total. The minimum Gasteiger partial charge on any atom is -0.466 e. The number of amides is 4. The number of benzene rings is 10. The molecule has 4 amide bonds. The normalized spacial score (nSPS) is 15.1. The summed E-state index contributed by atoms with van der Waals surface area (Å²) in [6.07, 6.45) is 8.61. The predicted octanol–water partition coefficient (Wildman–Crippen LogP) is 15.9. The second kappa shape index (κ2) is 49.6. The van der Waals surface area contributed by atoms with Crippen LogP contribution in [0.15, 0.2) is 314 Å². The lowest BCUT2D eigenvalue weighted by Crippen LogP contribution is -2.38. The number of aliphatic imine (C=N–C) groups is 6. The topological polar surface area (TPSA) is 343 Å². The van der Waals surface area contributed by atoms with E-state index in [1.807, 2.05) is 243 Å². The number of carbonyl (C=O) groups excluding carboxylic acids is 5. The number of H-pyrrole nitrogens is 1. The van der Waals surface area contributed by atoms with Gasteiger partial charge < -0.3 is 62.1 Å². The van der Waals surface area contributed by atoms with Crippen LogP contribution in [0.25, 0.3) is 10.9 Å². The molecule has 0 saturated heterocycles. The Morgan fingerprint density at radius 1 is 0.469 bits per heavy atom. The Morgan fingerprint density at radius 3 is 1.48 bits per heavy atom. The molecule has 10 aromatic carbocycles. The Hall–Kier alpha value is -14.9. The van der Waals surface area contributed by atoms with Crippen LogP contribution in [0.2, 0.25) is 0 Å². The molecule has 17 rings (SSSR count). The first-order chi connectivity index (χ1) is 62.3. The number of ether oxygens (including phenoxy) is 3. The minimum atomic E-state index is -0.355. The van der Waals surface area contributed by atoms with Crippen LogP contribution in [0.3, 0.4) is 0 Å². The van der Waals surface area contributed by atoms with Crippen molar-refractivity contribution in [2.75, 3.05) is 56.6 Å². The predicted molar refractivity (Wildman–Crippen MR) is 512 cm³/mol. The highest BCUT2D eigenvalue weighted by molar-refractivity contribution is 6.15. The van der Waals surface area contributed by atoms with Crippen molar-refractivity contribution >= 4 is 87.0 Å². The van der Waals surface area contributed by atoms with Gasteiger partial charge in [0.15, 0.2) is 0 Å². The number of aromatic nitrogens is 2. The number of allylic oxidation sites excluding steroid dienone is 1. The van der Waals surface area contributed by atoms with E-state index in [9.17, 15) is 28.8 Å². The van der Waals surface area contributed by atoms with E-state index in [0.29, 0.717) is 101 Å². The van der Waals surface area contributed by atoms with E-state index in [2.05, 4.69) is 130 Å². The molecule has 25 nitrogen and oxygen atoms in total. The number of unbranched alkanes of at least 4 members (excludes halogenated alkanes) is 2. The fraction of sp³-hybridized carbons (Fsp3) is 0.252. The maximum absolute atomic E-state index is 11.6. The van der Waals surface area contributed by atoms with Gasteiger partial charge in [0, 0.05) is 91.4 Å². The molecular formula is C103H112N16O9. The second-order valence-corrected chi connectivity index (χ2v) is 30.8. The number of para-hydroxylation sites is 3. The molecule has 128 heavy (non-hydrogen) atoms. The third kappa shape index (κ3) is 29.4. The third-order valence-electron chi connectivity index (χ3n) is 20.2. The van der Waals surface area contributed by atoms with Gasteiger partial charge in [-0.15, -0.1) is 0 Å². The summed E-state index contributed by atoms with van der Waals surface area (Å²) in [6.45, 7) is 23.3. The fourth-order valence-electron chi connectivity index (χ4n) is 14.0. The van der Waals surface area contributed by atoms with Gasteiger partial charge >= 0.3 is 11.7 Å². The second-order valence-electron chi connectivity index (χ2n) is 30.8. The highest BCUT2D eigenvalue weighted by atomic mass is 16.5. The highest BCUT2D eigenvalue weighted by Gasteiger charge is 2.25. The van der Waals surface area contributed by atoms with Gasteiger partial charge in [0.05, 0.1) is 68.8 Å². The zero-order valence-electron chi connectivity index (χ0n) is 73.3. The first kappa shape index (κ1) is 93.8. The fourth-order valence-corrected chi connectivity index (χ4v) is 14.0. The summed E-state index contributed by atoms with van der Waals surface area (Å²) in [6, 6.07) is 83.0. The number of nitrogens with one attached hydrogen (secondary N) is 8. The Balaban J connectivity index is 0.000000145. The van der Waals surface area contributed by atoms with Crippen LogP contribution in [0.5, 0.6) is 11.5 Å². The molecule has 0 bridgehead atoms. The van der Waals surface area contributed by atoms with Crippen LogP contribution in [0, 0.1) is 5.92 Å². The maximum Gasteiger partial charge on any atom is 0.347 e. The molecule has 25 heteroatoms. The summed E-state index contributed by atoms with van der Waals surface area (Å²) < 4.78 is 16.3. The SMILES string of the molecule is C=C1Cc2cccc(Oc3ccccc3)c2C(N)=N1.C=C1NC(=NCc2ccccc2)c2ccccc2N1.CC(=O)OCCCN=C1NC(=O)Cc2ccccc21.CC(C)CCN=C1NC(=O)Cc2ccccc21.CCCCCN=C1NC(=O)Cc2ccccc21.CCCN=C1NC(=O)Cc2ccccc21.O=c1nc(NCCOCc2ccccc2)c2ccccc2[nH]1. The largest absolute Gasteiger partial charge is 0.466 e. The highest BCUT2D eigenvalue weighted by Crippen LogP contribution is 2.32. The summed E-state index contributed by atoms with van der Waals surface area (Å²) in [5.41, 5.74) is 22.0. The van der Waals surface area contributed by atoms with Crippen molar-refractivity contribution in [1.29, 1.82) is 0 Å². The molecule has 7 heterocycles. The van der Waals surface area contributed by atoms with Crippen molar-refractivity contribution in [3.8, 4) is 11.5 Å². The molecular weight excluding hydrogens is 1610 g/mol. The number of esters is 1. The van der Waals surface area contributed by atoms with Crippen molar-refractivity contribution in [1.82, 2.24) is 36.6 Å². The maximum atomic E-state index is 11.6. The molecule has 0 fully saturated rings. The number of carbonyl (C=O) groups is 5. The zero-order valence-corrected chi connectivity index (χ0v) is 73.3. The van der Waals surface area contributed by atoms with Crippen LogP contribution >= 0.6 is 0 Å². The molecule has 0 saturated carbocycles. The lowest BCUT2D eigenvalue weighted by Gasteiger charge is -2.23. The number of nitrogens with two attached hydrogens (primary N) is 1. The zero-order chi connectivity index (χ0) is 90.2. The van der Waals surface area contributed by atoms with Crippen molar-refractivity contribution in [2.45, 2.75) is 118 Å². The molecule has 0 spiro atoms. The molecule has 1 aromatic heterocycles. The molecule has 0 atom stereocenters.